The number of allylic oxidation sites excluding steroid dienone is 2. The van der Waals surface area contributed by atoms with Crippen LogP contribution in [0.3, 0.4) is 0 Å². The third kappa shape index (κ3) is 3.79. The van der Waals surface area contributed by atoms with E-state index < -0.39 is 6.04 Å². The summed E-state index contributed by atoms with van der Waals surface area (Å²) in [7, 11) is 0. The van der Waals surface area contributed by atoms with Crippen LogP contribution in [-0.2, 0) is 10.5 Å². The summed E-state index contributed by atoms with van der Waals surface area (Å²) in [4.78, 5) is 17.8. The number of halogens is 1. The molecule has 0 spiro atoms. The monoisotopic (exact) mass is 450 g/mol. The number of fused-ring (bicyclic) bond motifs is 1. The van der Waals surface area contributed by atoms with E-state index in [1.165, 1.54) is 17.8 Å². The van der Waals surface area contributed by atoms with Gasteiger partial charge in [0, 0.05) is 23.4 Å². The summed E-state index contributed by atoms with van der Waals surface area (Å²) in [5.74, 6) is 0.952. The summed E-state index contributed by atoms with van der Waals surface area (Å²) in [6.45, 7) is 4.17. The van der Waals surface area contributed by atoms with Gasteiger partial charge in [-0.05, 0) is 41.2 Å². The summed E-state index contributed by atoms with van der Waals surface area (Å²) >= 11 is 1.35. The largest absolute Gasteiger partial charge is 0.508 e. The van der Waals surface area contributed by atoms with Crippen LogP contribution in [0, 0.1) is 11.2 Å². The average molecular weight is 451 g/mol. The number of hydrogen-bond acceptors (Lipinski definition) is 6. The summed E-state index contributed by atoms with van der Waals surface area (Å²) < 4.78 is 15.7. The van der Waals surface area contributed by atoms with E-state index in [1.807, 2.05) is 0 Å². The van der Waals surface area contributed by atoms with Crippen molar-refractivity contribution in [3.05, 3.63) is 76.7 Å². The molecule has 2 heterocycles. The first-order valence-electron chi connectivity index (χ1n) is 10.5. The number of ketones is 1. The fraction of sp³-hybridized carbons (Fsp3) is 0.292. The zero-order valence-corrected chi connectivity index (χ0v) is 18.6. The van der Waals surface area contributed by atoms with Gasteiger partial charge >= 0.3 is 0 Å². The molecule has 0 saturated carbocycles. The second-order valence-corrected chi connectivity index (χ2v) is 9.94. The van der Waals surface area contributed by atoms with Crippen LogP contribution in [0.5, 0.6) is 5.75 Å². The minimum Gasteiger partial charge on any atom is -0.508 e. The van der Waals surface area contributed by atoms with Crippen molar-refractivity contribution in [3.63, 3.8) is 0 Å². The van der Waals surface area contributed by atoms with Crippen LogP contribution in [0.15, 0.2) is 65.0 Å². The second kappa shape index (κ2) is 7.78. The molecule has 32 heavy (non-hydrogen) atoms. The number of hydrogen-bond donors (Lipinski definition) is 2. The fourth-order valence-corrected chi connectivity index (χ4v) is 5.19. The van der Waals surface area contributed by atoms with Crippen molar-refractivity contribution < 1.29 is 14.3 Å². The van der Waals surface area contributed by atoms with Crippen LogP contribution in [0.1, 0.15) is 43.9 Å². The molecule has 3 aromatic rings. The predicted octanol–water partition coefficient (Wildman–Crippen LogP) is 5.07. The van der Waals surface area contributed by atoms with Crippen LogP contribution in [0.2, 0.25) is 0 Å². The summed E-state index contributed by atoms with van der Waals surface area (Å²) in [5, 5.41) is 18.3. The molecule has 0 bridgehead atoms. The number of benzene rings is 2. The molecule has 1 aliphatic heterocycles. The standard InChI is InChI=1S/C24H23FN4O2S/c1-24(2)11-18-20(19(31)12-24)21(14-7-9-16(30)10-8-14)29-22(26-18)27-23(28-29)32-13-15-5-3-4-6-17(15)25/h3-10,21,30H,11-13H2,1-2H3,(H,26,27,28). The molecule has 164 valence electrons. The zero-order valence-electron chi connectivity index (χ0n) is 17.8. The lowest BCUT2D eigenvalue weighted by molar-refractivity contribution is -0.118. The van der Waals surface area contributed by atoms with Crippen LogP contribution in [0.4, 0.5) is 10.3 Å². The van der Waals surface area contributed by atoms with Gasteiger partial charge in [-0.25, -0.2) is 9.07 Å². The van der Waals surface area contributed by atoms with E-state index >= 15 is 0 Å². The molecular weight excluding hydrogens is 427 g/mol. The Morgan fingerprint density at radius 2 is 1.94 bits per heavy atom. The Hall–Kier alpha value is -3.13. The number of phenols is 1. The molecule has 5 rings (SSSR count). The number of thioether (sulfide) groups is 1. The van der Waals surface area contributed by atoms with Crippen molar-refractivity contribution >= 4 is 23.5 Å². The van der Waals surface area contributed by atoms with Gasteiger partial charge in [0.1, 0.15) is 17.6 Å². The zero-order chi connectivity index (χ0) is 22.5. The van der Waals surface area contributed by atoms with Gasteiger partial charge in [-0.3, -0.25) is 4.79 Å². The number of carbonyl (C=O) groups excluding carboxylic acids is 1. The molecule has 8 heteroatoms. The number of carbonyl (C=O) groups is 1. The maximum Gasteiger partial charge on any atom is 0.227 e. The first-order chi connectivity index (χ1) is 15.3. The van der Waals surface area contributed by atoms with Crippen LogP contribution in [0.25, 0.3) is 0 Å². The highest BCUT2D eigenvalue weighted by Crippen LogP contribution is 2.45. The molecule has 1 aliphatic carbocycles. The summed E-state index contributed by atoms with van der Waals surface area (Å²) in [6, 6.07) is 13.1. The fourth-order valence-electron chi connectivity index (χ4n) is 4.37. The van der Waals surface area contributed by atoms with Gasteiger partial charge in [0.25, 0.3) is 0 Å². The molecule has 6 nitrogen and oxygen atoms in total. The minimum atomic E-state index is -0.430. The van der Waals surface area contributed by atoms with Gasteiger partial charge in [-0.2, -0.15) is 4.98 Å². The Morgan fingerprint density at radius 1 is 1.19 bits per heavy atom. The number of aromatic nitrogens is 3. The Labute approximate surface area is 189 Å². The van der Waals surface area contributed by atoms with E-state index in [0.717, 1.165) is 17.7 Å². The van der Waals surface area contributed by atoms with Gasteiger partial charge in [-0.15, -0.1) is 5.10 Å². The van der Waals surface area contributed by atoms with E-state index in [1.54, 1.807) is 47.1 Å². The highest BCUT2D eigenvalue weighted by atomic mass is 32.2. The molecular formula is C24H23FN4O2S. The number of anilines is 1. The quantitative estimate of drug-likeness (QED) is 0.540. The van der Waals surface area contributed by atoms with Crippen molar-refractivity contribution in [1.29, 1.82) is 0 Å². The van der Waals surface area contributed by atoms with Crippen molar-refractivity contribution in [2.75, 3.05) is 5.32 Å². The molecule has 0 saturated heterocycles. The smallest absolute Gasteiger partial charge is 0.227 e. The van der Waals surface area contributed by atoms with Gasteiger partial charge < -0.3 is 10.4 Å². The molecule has 2 aromatic carbocycles. The first-order valence-corrected chi connectivity index (χ1v) is 11.4. The number of nitrogens with zero attached hydrogens (tertiary/aromatic N) is 3. The van der Waals surface area contributed by atoms with Gasteiger partial charge in [0.15, 0.2) is 5.78 Å². The highest BCUT2D eigenvalue weighted by Gasteiger charge is 2.41. The molecule has 1 atom stereocenters. The molecule has 2 N–H and O–H groups in total. The molecule has 2 aliphatic rings. The molecule has 0 radical (unpaired) electrons. The number of Topliss-reactive ketones (excluding diaryl/α,β-unsaturated/α-hetero) is 1. The van der Waals surface area contributed by atoms with E-state index in [4.69, 9.17) is 0 Å². The van der Waals surface area contributed by atoms with Crippen LogP contribution < -0.4 is 5.32 Å². The average Bonchev–Trinajstić information content (AvgIpc) is 3.14. The molecule has 1 unspecified atom stereocenters. The SMILES string of the molecule is CC1(C)CC(=O)C2=C(C1)Nc1nc(SCc3ccccc3F)nn1C2c1ccc(O)cc1. The number of phenolic OH excluding ortho intramolecular Hbond substituents is 1. The third-order valence-corrected chi connectivity index (χ3v) is 6.72. The first kappa shape index (κ1) is 20.8. The van der Waals surface area contributed by atoms with E-state index in [-0.39, 0.29) is 22.8 Å². The van der Waals surface area contributed by atoms with E-state index in [9.17, 15) is 14.3 Å². The Morgan fingerprint density at radius 3 is 2.69 bits per heavy atom. The lowest BCUT2D eigenvalue weighted by Gasteiger charge is -2.38. The van der Waals surface area contributed by atoms with Crippen molar-refractivity contribution in [2.24, 2.45) is 5.41 Å². The number of aromatic hydroxyl groups is 1. The molecule has 1 aromatic heterocycles. The van der Waals surface area contributed by atoms with Crippen LogP contribution >= 0.6 is 11.8 Å². The van der Waals surface area contributed by atoms with Crippen molar-refractivity contribution in [3.8, 4) is 5.75 Å². The van der Waals surface area contributed by atoms with Crippen molar-refractivity contribution in [1.82, 2.24) is 14.8 Å². The van der Waals surface area contributed by atoms with Gasteiger partial charge in [0.2, 0.25) is 11.1 Å². The second-order valence-electron chi connectivity index (χ2n) is 8.99. The van der Waals surface area contributed by atoms with Crippen LogP contribution in [-0.4, -0.2) is 25.7 Å². The molecule has 0 amide bonds. The Bertz CT molecular complexity index is 1230. The minimum absolute atomic E-state index is 0.0866. The maximum atomic E-state index is 14.0. The van der Waals surface area contributed by atoms with E-state index in [0.29, 0.717) is 34.4 Å². The third-order valence-electron chi connectivity index (χ3n) is 5.84. The van der Waals surface area contributed by atoms with Gasteiger partial charge in [-0.1, -0.05) is 55.9 Å². The number of nitrogens with one attached hydrogen (secondary N) is 1. The van der Waals surface area contributed by atoms with Gasteiger partial charge in [0.05, 0.1) is 0 Å². The Kier molecular flexibility index (Phi) is 5.04. The topological polar surface area (TPSA) is 80.0 Å². The normalized spacial score (nSPS) is 19.3. The highest BCUT2D eigenvalue weighted by molar-refractivity contribution is 7.98. The predicted molar refractivity (Wildman–Crippen MR) is 121 cm³/mol. The molecule has 0 fully saturated rings. The Balaban J connectivity index is 1.53. The lowest BCUT2D eigenvalue weighted by Crippen LogP contribution is -2.36. The van der Waals surface area contributed by atoms with Crippen molar-refractivity contribution in [2.45, 2.75) is 43.6 Å². The maximum absolute atomic E-state index is 14.0. The summed E-state index contributed by atoms with van der Waals surface area (Å²) in [6.07, 6.45) is 1.19. The van der Waals surface area contributed by atoms with E-state index in [2.05, 4.69) is 29.2 Å². The number of rotatable bonds is 4. The lowest BCUT2D eigenvalue weighted by atomic mass is 9.73. The summed E-state index contributed by atoms with van der Waals surface area (Å²) in [5.41, 5.74) is 2.85.